The van der Waals surface area contributed by atoms with Gasteiger partial charge < -0.3 is 9.47 Å². The minimum atomic E-state index is 0.280. The van der Waals surface area contributed by atoms with Crippen LogP contribution in [0.4, 0.5) is 0 Å². The molecule has 0 bridgehead atoms. The van der Waals surface area contributed by atoms with E-state index in [0.717, 1.165) is 62.3 Å². The molecule has 2 fully saturated rings. The van der Waals surface area contributed by atoms with Crippen LogP contribution in [0.2, 0.25) is 0 Å². The minimum absolute atomic E-state index is 0.280. The summed E-state index contributed by atoms with van der Waals surface area (Å²) in [7, 11) is 0. The Morgan fingerprint density at radius 2 is 1.85 bits per heavy atom. The molecule has 26 heavy (non-hydrogen) atoms. The Hall–Kier alpha value is -1.72. The van der Waals surface area contributed by atoms with Crippen molar-refractivity contribution < 1.29 is 9.47 Å². The standard InChI is InChI=1S/C21H27N3O2/c1-2-15-4-9-19-20(18(15)3-1)21(23-14-22-19)26-17-7-5-16(6-8-17)24-10-12-25-13-11-24/h4,9,14,16-17H,1-3,5-8,10-13H2/t16-,17-. The van der Waals surface area contributed by atoms with Gasteiger partial charge in [0.1, 0.15) is 12.4 Å². The Labute approximate surface area is 154 Å². The molecule has 3 aliphatic rings. The number of benzene rings is 1. The summed E-state index contributed by atoms with van der Waals surface area (Å²) in [6.45, 7) is 3.93. The molecule has 0 amide bonds. The van der Waals surface area contributed by atoms with Gasteiger partial charge in [0.15, 0.2) is 0 Å². The molecular weight excluding hydrogens is 326 g/mol. The molecule has 2 aromatic rings. The maximum Gasteiger partial charge on any atom is 0.225 e. The summed E-state index contributed by atoms with van der Waals surface area (Å²) in [4.78, 5) is 11.6. The van der Waals surface area contributed by atoms with Crippen LogP contribution in [0, 0.1) is 0 Å². The maximum atomic E-state index is 6.44. The summed E-state index contributed by atoms with van der Waals surface area (Å²) in [6, 6.07) is 5.06. The van der Waals surface area contributed by atoms with E-state index >= 15 is 0 Å². The molecule has 2 aliphatic carbocycles. The van der Waals surface area contributed by atoms with Gasteiger partial charge in [-0.25, -0.2) is 9.97 Å². The Bertz CT molecular complexity index is 780. The van der Waals surface area contributed by atoms with Gasteiger partial charge in [0, 0.05) is 19.1 Å². The lowest BCUT2D eigenvalue weighted by Gasteiger charge is -2.38. The second kappa shape index (κ2) is 7.12. The lowest BCUT2D eigenvalue weighted by Crippen LogP contribution is -2.46. The van der Waals surface area contributed by atoms with E-state index < -0.39 is 0 Å². The number of hydrogen-bond donors (Lipinski definition) is 0. The van der Waals surface area contributed by atoms with E-state index in [2.05, 4.69) is 27.0 Å². The van der Waals surface area contributed by atoms with Crippen LogP contribution in [0.25, 0.3) is 10.9 Å². The molecule has 1 saturated carbocycles. The molecule has 1 aromatic carbocycles. The average Bonchev–Trinajstić information content (AvgIpc) is 3.18. The zero-order chi connectivity index (χ0) is 17.3. The van der Waals surface area contributed by atoms with Crippen molar-refractivity contribution in [2.75, 3.05) is 26.3 Å². The number of rotatable bonds is 3. The lowest BCUT2D eigenvalue weighted by molar-refractivity contribution is -0.00126. The predicted molar refractivity (Wildman–Crippen MR) is 101 cm³/mol. The molecule has 138 valence electrons. The Balaban J connectivity index is 1.31. The summed E-state index contributed by atoms with van der Waals surface area (Å²) in [5.41, 5.74) is 3.89. The highest BCUT2D eigenvalue weighted by atomic mass is 16.5. The number of hydrogen-bond acceptors (Lipinski definition) is 5. The van der Waals surface area contributed by atoms with Gasteiger partial charge in [0.05, 0.1) is 24.1 Å². The second-order valence-electron chi connectivity index (χ2n) is 7.83. The van der Waals surface area contributed by atoms with Gasteiger partial charge in [-0.3, -0.25) is 4.90 Å². The minimum Gasteiger partial charge on any atom is -0.474 e. The van der Waals surface area contributed by atoms with E-state index in [1.807, 2.05) is 0 Å². The van der Waals surface area contributed by atoms with Crippen molar-refractivity contribution in [1.29, 1.82) is 0 Å². The topological polar surface area (TPSA) is 47.5 Å². The first-order valence-corrected chi connectivity index (χ1v) is 10.1. The number of nitrogens with zero attached hydrogens (tertiary/aromatic N) is 3. The predicted octanol–water partition coefficient (Wildman–Crippen LogP) is 3.14. The highest BCUT2D eigenvalue weighted by molar-refractivity contribution is 5.88. The summed E-state index contributed by atoms with van der Waals surface area (Å²) in [6.07, 6.45) is 10.1. The van der Waals surface area contributed by atoms with Crippen LogP contribution >= 0.6 is 0 Å². The van der Waals surface area contributed by atoms with Gasteiger partial charge in [-0.05, 0) is 62.1 Å². The molecule has 0 unspecified atom stereocenters. The Morgan fingerprint density at radius 1 is 1.00 bits per heavy atom. The van der Waals surface area contributed by atoms with Crippen LogP contribution in [-0.4, -0.2) is 53.3 Å². The summed E-state index contributed by atoms with van der Waals surface area (Å²) < 4.78 is 11.9. The smallest absolute Gasteiger partial charge is 0.225 e. The van der Waals surface area contributed by atoms with Gasteiger partial charge in [-0.1, -0.05) is 6.07 Å². The first-order chi connectivity index (χ1) is 12.9. The van der Waals surface area contributed by atoms with Crippen molar-refractivity contribution in [2.24, 2.45) is 0 Å². The largest absolute Gasteiger partial charge is 0.474 e. The van der Waals surface area contributed by atoms with Crippen molar-refractivity contribution >= 4 is 10.9 Å². The van der Waals surface area contributed by atoms with Crippen LogP contribution in [0.15, 0.2) is 18.5 Å². The van der Waals surface area contributed by atoms with Gasteiger partial charge in [-0.2, -0.15) is 0 Å². The lowest BCUT2D eigenvalue weighted by atomic mass is 9.91. The molecule has 1 aliphatic heterocycles. The van der Waals surface area contributed by atoms with Crippen LogP contribution in [0.3, 0.4) is 0 Å². The van der Waals surface area contributed by atoms with E-state index in [1.165, 1.54) is 36.8 Å². The quantitative estimate of drug-likeness (QED) is 0.848. The fourth-order valence-corrected chi connectivity index (χ4v) is 4.93. The number of fused-ring (bicyclic) bond motifs is 3. The zero-order valence-electron chi connectivity index (χ0n) is 15.3. The van der Waals surface area contributed by atoms with Crippen LogP contribution in [0.5, 0.6) is 5.88 Å². The number of morpholine rings is 1. The maximum absolute atomic E-state index is 6.44. The molecule has 0 radical (unpaired) electrons. The van der Waals surface area contributed by atoms with Crippen molar-refractivity contribution in [3.05, 3.63) is 29.6 Å². The monoisotopic (exact) mass is 353 g/mol. The van der Waals surface area contributed by atoms with Crippen molar-refractivity contribution in [3.8, 4) is 5.88 Å². The van der Waals surface area contributed by atoms with E-state index in [4.69, 9.17) is 9.47 Å². The first kappa shape index (κ1) is 16.5. The third kappa shape index (κ3) is 3.08. The molecule has 0 spiro atoms. The fourth-order valence-electron chi connectivity index (χ4n) is 4.93. The van der Waals surface area contributed by atoms with Crippen LogP contribution in [0.1, 0.15) is 43.2 Å². The van der Waals surface area contributed by atoms with Gasteiger partial charge in [0.25, 0.3) is 0 Å². The SMILES string of the molecule is c1nc(O[C@H]2CC[C@H](N3CCOCC3)CC2)c2c3c(ccc2n1)CCC3. The van der Waals surface area contributed by atoms with Crippen molar-refractivity contribution in [1.82, 2.24) is 14.9 Å². The van der Waals surface area contributed by atoms with Crippen molar-refractivity contribution in [2.45, 2.75) is 57.1 Å². The first-order valence-electron chi connectivity index (χ1n) is 10.1. The van der Waals surface area contributed by atoms with Gasteiger partial charge in [0.2, 0.25) is 5.88 Å². The molecule has 0 atom stereocenters. The van der Waals surface area contributed by atoms with Crippen LogP contribution in [-0.2, 0) is 17.6 Å². The molecular formula is C21H27N3O2. The second-order valence-corrected chi connectivity index (χ2v) is 7.83. The van der Waals surface area contributed by atoms with Gasteiger partial charge in [-0.15, -0.1) is 0 Å². The molecule has 1 aromatic heterocycles. The van der Waals surface area contributed by atoms with E-state index in [1.54, 1.807) is 6.33 Å². The fraction of sp³-hybridized carbons (Fsp3) is 0.619. The summed E-state index contributed by atoms with van der Waals surface area (Å²) >= 11 is 0. The highest BCUT2D eigenvalue weighted by Crippen LogP contribution is 2.35. The summed E-state index contributed by atoms with van der Waals surface area (Å²) in [5, 5.41) is 1.16. The zero-order valence-corrected chi connectivity index (χ0v) is 15.3. The van der Waals surface area contributed by atoms with E-state index in [0.29, 0.717) is 6.04 Å². The average molecular weight is 353 g/mol. The number of ether oxygens (including phenoxy) is 2. The van der Waals surface area contributed by atoms with E-state index in [9.17, 15) is 0 Å². The molecule has 1 saturated heterocycles. The van der Waals surface area contributed by atoms with Gasteiger partial charge >= 0.3 is 0 Å². The molecule has 0 N–H and O–H groups in total. The number of aryl methyl sites for hydroxylation is 2. The highest BCUT2D eigenvalue weighted by Gasteiger charge is 2.28. The Kier molecular flexibility index (Phi) is 4.51. The van der Waals surface area contributed by atoms with E-state index in [-0.39, 0.29) is 6.10 Å². The third-order valence-corrected chi connectivity index (χ3v) is 6.33. The van der Waals surface area contributed by atoms with Crippen molar-refractivity contribution in [3.63, 3.8) is 0 Å². The molecule has 5 rings (SSSR count). The molecule has 5 heteroatoms. The number of aromatic nitrogens is 2. The van der Waals surface area contributed by atoms with Crippen LogP contribution < -0.4 is 4.74 Å². The Morgan fingerprint density at radius 3 is 2.69 bits per heavy atom. The normalized spacial score (nSPS) is 26.8. The third-order valence-electron chi connectivity index (χ3n) is 6.33. The molecule has 5 nitrogen and oxygen atoms in total. The molecule has 2 heterocycles. The summed E-state index contributed by atoms with van der Waals surface area (Å²) in [5.74, 6) is 0.809.